The highest BCUT2D eigenvalue weighted by Crippen LogP contribution is 2.26. The molecule has 90 valence electrons. The van der Waals surface area contributed by atoms with Crippen LogP contribution in [0.1, 0.15) is 13.8 Å². The fourth-order valence-electron chi connectivity index (χ4n) is 0.851. The van der Waals surface area contributed by atoms with Gasteiger partial charge in [0.2, 0.25) is 0 Å². The molecule has 1 heterocycles. The number of sulfone groups is 1. The Morgan fingerprint density at radius 3 is 2.38 bits per heavy atom. The average Bonchev–Trinajstić information content (AvgIpc) is 2.49. The van der Waals surface area contributed by atoms with E-state index in [2.05, 4.69) is 5.32 Å². The van der Waals surface area contributed by atoms with Crippen molar-refractivity contribution in [3.8, 4) is 0 Å². The molecule has 1 amide bonds. The number of anilines is 1. The van der Waals surface area contributed by atoms with E-state index in [9.17, 15) is 18.3 Å². The highest BCUT2D eigenvalue weighted by atomic mass is 32.2. The molecule has 2 N–H and O–H groups in total. The van der Waals surface area contributed by atoms with Crippen molar-refractivity contribution >= 4 is 32.1 Å². The SMILES string of the molecule is CC(C)(O)C(=O)Nc1ccc(S(C)(=O)=O)s1. The van der Waals surface area contributed by atoms with Gasteiger partial charge in [-0.3, -0.25) is 4.79 Å². The average molecular weight is 263 g/mol. The van der Waals surface area contributed by atoms with Crippen molar-refractivity contribution in [3.63, 3.8) is 0 Å². The zero-order valence-electron chi connectivity index (χ0n) is 9.14. The monoisotopic (exact) mass is 263 g/mol. The topological polar surface area (TPSA) is 83.5 Å². The van der Waals surface area contributed by atoms with Gasteiger partial charge >= 0.3 is 0 Å². The minimum atomic E-state index is -3.25. The van der Waals surface area contributed by atoms with Gasteiger partial charge in [-0.25, -0.2) is 8.42 Å². The molecule has 1 rings (SSSR count). The summed E-state index contributed by atoms with van der Waals surface area (Å²) in [7, 11) is -3.25. The highest BCUT2D eigenvalue weighted by Gasteiger charge is 2.24. The third kappa shape index (κ3) is 3.29. The Bertz CT molecular complexity index is 496. The largest absolute Gasteiger partial charge is 0.381 e. The summed E-state index contributed by atoms with van der Waals surface area (Å²) in [6.45, 7) is 2.71. The first kappa shape index (κ1) is 13.1. The molecule has 0 aromatic carbocycles. The van der Waals surface area contributed by atoms with Crippen molar-refractivity contribution in [3.05, 3.63) is 12.1 Å². The molecule has 0 unspecified atom stereocenters. The van der Waals surface area contributed by atoms with Gasteiger partial charge in [0, 0.05) is 6.26 Å². The molecule has 0 aliphatic rings. The number of hydrogen-bond acceptors (Lipinski definition) is 5. The maximum Gasteiger partial charge on any atom is 0.256 e. The van der Waals surface area contributed by atoms with E-state index >= 15 is 0 Å². The normalized spacial score (nSPS) is 12.5. The molecule has 0 bridgehead atoms. The van der Waals surface area contributed by atoms with E-state index in [1.165, 1.54) is 26.0 Å². The van der Waals surface area contributed by atoms with Crippen LogP contribution in [0.4, 0.5) is 5.00 Å². The second kappa shape index (κ2) is 4.15. The van der Waals surface area contributed by atoms with Crippen LogP contribution in [0.15, 0.2) is 16.3 Å². The number of hydrogen-bond donors (Lipinski definition) is 2. The maximum atomic E-state index is 11.4. The number of thiophene rings is 1. The smallest absolute Gasteiger partial charge is 0.256 e. The molecule has 0 aliphatic carbocycles. The van der Waals surface area contributed by atoms with Crippen LogP contribution in [0.25, 0.3) is 0 Å². The van der Waals surface area contributed by atoms with E-state index in [1.54, 1.807) is 0 Å². The molecule has 0 spiro atoms. The molecule has 0 fully saturated rings. The Morgan fingerprint density at radius 2 is 2.00 bits per heavy atom. The van der Waals surface area contributed by atoms with Crippen LogP contribution >= 0.6 is 11.3 Å². The minimum absolute atomic E-state index is 0.179. The lowest BCUT2D eigenvalue weighted by Crippen LogP contribution is -2.36. The number of carbonyl (C=O) groups is 1. The molecule has 1 aromatic rings. The number of carbonyl (C=O) groups excluding carboxylic acids is 1. The summed E-state index contributed by atoms with van der Waals surface area (Å²) in [6.07, 6.45) is 1.10. The molecule has 5 nitrogen and oxygen atoms in total. The summed E-state index contributed by atoms with van der Waals surface area (Å²) < 4.78 is 22.5. The molecule has 1 aromatic heterocycles. The lowest BCUT2D eigenvalue weighted by Gasteiger charge is -2.15. The van der Waals surface area contributed by atoms with Crippen LogP contribution < -0.4 is 5.32 Å². The molecule has 0 radical (unpaired) electrons. The van der Waals surface area contributed by atoms with Crippen molar-refractivity contribution in [2.75, 3.05) is 11.6 Å². The predicted molar refractivity (Wildman–Crippen MR) is 62.4 cm³/mol. The number of amides is 1. The van der Waals surface area contributed by atoms with Gasteiger partial charge in [0.1, 0.15) is 9.81 Å². The van der Waals surface area contributed by atoms with Crippen molar-refractivity contribution in [1.82, 2.24) is 0 Å². The third-order valence-electron chi connectivity index (χ3n) is 1.74. The Hall–Kier alpha value is -0.920. The zero-order chi connectivity index (χ0) is 12.6. The van der Waals surface area contributed by atoms with E-state index in [-0.39, 0.29) is 4.21 Å². The number of nitrogens with one attached hydrogen (secondary N) is 1. The van der Waals surface area contributed by atoms with Crippen LogP contribution in [-0.4, -0.2) is 31.3 Å². The molecular weight excluding hydrogens is 250 g/mol. The van der Waals surface area contributed by atoms with Crippen LogP contribution in [0.5, 0.6) is 0 Å². The van der Waals surface area contributed by atoms with Gasteiger partial charge in [0.15, 0.2) is 9.84 Å². The highest BCUT2D eigenvalue weighted by molar-refractivity contribution is 7.92. The first-order valence-electron chi connectivity index (χ1n) is 4.44. The molecule has 0 saturated carbocycles. The molecule has 0 saturated heterocycles. The second-order valence-electron chi connectivity index (χ2n) is 3.90. The second-order valence-corrected chi connectivity index (χ2v) is 7.23. The van der Waals surface area contributed by atoms with Gasteiger partial charge < -0.3 is 10.4 Å². The predicted octanol–water partition coefficient (Wildman–Crippen LogP) is 0.861. The lowest BCUT2D eigenvalue weighted by molar-refractivity contribution is -0.130. The summed E-state index contributed by atoms with van der Waals surface area (Å²) >= 11 is 0.953. The van der Waals surface area contributed by atoms with E-state index in [0.29, 0.717) is 5.00 Å². The Balaban J connectivity index is 2.86. The summed E-state index contributed by atoms with van der Waals surface area (Å²) in [4.78, 5) is 11.4. The van der Waals surface area contributed by atoms with Crippen molar-refractivity contribution < 1.29 is 18.3 Å². The summed E-state index contributed by atoms with van der Waals surface area (Å²) in [5.74, 6) is -0.575. The first-order chi connectivity index (χ1) is 7.10. The lowest BCUT2D eigenvalue weighted by atomic mass is 10.1. The van der Waals surface area contributed by atoms with Crippen LogP contribution in [0, 0.1) is 0 Å². The van der Waals surface area contributed by atoms with Gasteiger partial charge in [-0.2, -0.15) is 0 Å². The minimum Gasteiger partial charge on any atom is -0.381 e. The number of aliphatic hydroxyl groups is 1. The summed E-state index contributed by atoms with van der Waals surface area (Å²) in [5, 5.41) is 12.2. The molecule has 16 heavy (non-hydrogen) atoms. The summed E-state index contributed by atoms with van der Waals surface area (Å²) in [6, 6.07) is 2.91. The Morgan fingerprint density at radius 1 is 1.44 bits per heavy atom. The van der Waals surface area contributed by atoms with Crippen molar-refractivity contribution in [2.24, 2.45) is 0 Å². The fourth-order valence-corrected chi connectivity index (χ4v) is 2.67. The number of rotatable bonds is 3. The van der Waals surface area contributed by atoms with Crippen LogP contribution in [0.2, 0.25) is 0 Å². The summed E-state index contributed by atoms with van der Waals surface area (Å²) in [5.41, 5.74) is -1.49. The standard InChI is InChI=1S/C9H13NO4S2/c1-9(2,12)8(11)10-6-4-5-7(15-6)16(3,13)14/h4-5,12H,1-3H3,(H,10,11). The van der Waals surface area contributed by atoms with E-state index in [4.69, 9.17) is 0 Å². The van der Waals surface area contributed by atoms with Gasteiger partial charge in [-0.05, 0) is 26.0 Å². The van der Waals surface area contributed by atoms with E-state index in [0.717, 1.165) is 17.6 Å². The Labute approximate surface area is 98.0 Å². The van der Waals surface area contributed by atoms with Crippen molar-refractivity contribution in [1.29, 1.82) is 0 Å². The molecule has 0 aliphatic heterocycles. The first-order valence-corrected chi connectivity index (χ1v) is 7.15. The molecule has 0 atom stereocenters. The zero-order valence-corrected chi connectivity index (χ0v) is 10.8. The quantitative estimate of drug-likeness (QED) is 0.847. The van der Waals surface area contributed by atoms with Gasteiger partial charge in [0.05, 0.1) is 5.00 Å². The molecular formula is C9H13NO4S2. The van der Waals surface area contributed by atoms with Gasteiger partial charge in [0.25, 0.3) is 5.91 Å². The Kier molecular flexibility index (Phi) is 3.41. The van der Waals surface area contributed by atoms with Crippen molar-refractivity contribution in [2.45, 2.75) is 23.7 Å². The van der Waals surface area contributed by atoms with Crippen LogP contribution in [0.3, 0.4) is 0 Å². The fraction of sp³-hybridized carbons (Fsp3) is 0.444. The van der Waals surface area contributed by atoms with E-state index in [1.807, 2.05) is 0 Å². The maximum absolute atomic E-state index is 11.4. The van der Waals surface area contributed by atoms with Crippen LogP contribution in [-0.2, 0) is 14.6 Å². The van der Waals surface area contributed by atoms with E-state index < -0.39 is 21.3 Å². The third-order valence-corrected chi connectivity index (χ3v) is 4.56. The molecule has 7 heteroatoms. The van der Waals surface area contributed by atoms with Gasteiger partial charge in [-0.1, -0.05) is 0 Å². The van der Waals surface area contributed by atoms with Gasteiger partial charge in [-0.15, -0.1) is 11.3 Å².